The number of amides is 1. The highest BCUT2D eigenvalue weighted by Gasteiger charge is 2.35. The molecule has 0 spiro atoms. The van der Waals surface area contributed by atoms with Crippen LogP contribution < -0.4 is 16.0 Å². The maximum absolute atomic E-state index is 14.5. The number of rotatable bonds is 6. The van der Waals surface area contributed by atoms with Gasteiger partial charge in [-0.25, -0.2) is 18.5 Å². The van der Waals surface area contributed by atoms with Gasteiger partial charge in [0.05, 0.1) is 16.5 Å². The zero-order valence-electron chi connectivity index (χ0n) is 16.5. The van der Waals surface area contributed by atoms with Crippen molar-refractivity contribution < 1.29 is 30.8 Å². The average Bonchev–Trinajstić information content (AvgIpc) is 2.64. The fraction of sp³-hybridized carbons (Fsp3) is 0.312. The highest BCUT2D eigenvalue weighted by Crippen LogP contribution is 2.31. The van der Waals surface area contributed by atoms with Crippen LogP contribution in [0.1, 0.15) is 5.69 Å². The maximum atomic E-state index is 14.5. The van der Waals surface area contributed by atoms with Crippen molar-refractivity contribution >= 4 is 39.5 Å². The molecular weight excluding hydrogens is 504 g/mol. The van der Waals surface area contributed by atoms with Crippen molar-refractivity contribution in [2.45, 2.75) is 11.1 Å². The molecule has 32 heavy (non-hydrogen) atoms. The Balaban J connectivity index is 2.47. The molecule has 16 heteroatoms. The fourth-order valence-electron chi connectivity index (χ4n) is 2.33. The largest absolute Gasteiger partial charge is 0.431 e. The van der Waals surface area contributed by atoms with Gasteiger partial charge < -0.3 is 0 Å². The lowest BCUT2D eigenvalue weighted by Gasteiger charge is -2.15. The van der Waals surface area contributed by atoms with Crippen molar-refractivity contribution in [2.24, 2.45) is 7.05 Å². The molecule has 1 N–H and O–H groups in total. The first-order valence-corrected chi connectivity index (χ1v) is 11.1. The predicted octanol–water partition coefficient (Wildman–Crippen LogP) is 1.36. The lowest BCUT2D eigenvalue weighted by Crippen LogP contribution is -2.41. The molecule has 0 unspecified atom stereocenters. The number of benzene rings is 1. The quantitative estimate of drug-likeness (QED) is 0.457. The van der Waals surface area contributed by atoms with Crippen LogP contribution in [0.15, 0.2) is 32.7 Å². The molecule has 0 fully saturated rings. The summed E-state index contributed by atoms with van der Waals surface area (Å²) in [6.45, 7) is 0. The van der Waals surface area contributed by atoms with E-state index in [9.17, 15) is 40.4 Å². The minimum Gasteiger partial charge on any atom is -0.292 e. The third-order valence-corrected chi connectivity index (χ3v) is 6.86. The third-order valence-electron chi connectivity index (χ3n) is 3.94. The predicted molar refractivity (Wildman–Crippen MR) is 109 cm³/mol. The smallest absolute Gasteiger partial charge is 0.292 e. The Morgan fingerprint density at radius 3 is 2.34 bits per heavy atom. The number of alkyl halides is 3. The summed E-state index contributed by atoms with van der Waals surface area (Å²) in [7, 11) is -0.915. The van der Waals surface area contributed by atoms with Gasteiger partial charge in [0.25, 0.3) is 5.56 Å². The Kier molecular flexibility index (Phi) is 7.48. The van der Waals surface area contributed by atoms with Gasteiger partial charge in [0, 0.05) is 32.1 Å². The van der Waals surface area contributed by atoms with E-state index in [1.165, 1.54) is 14.1 Å². The zero-order valence-corrected chi connectivity index (χ0v) is 18.9. The van der Waals surface area contributed by atoms with Crippen LogP contribution in [0.3, 0.4) is 0 Å². The number of nitrogens with zero attached hydrogens (tertiary/aromatic N) is 3. The number of carbonyl (C=O) groups excluding carboxylic acids is 1. The van der Waals surface area contributed by atoms with Crippen LogP contribution in [0.4, 0.5) is 17.6 Å². The van der Waals surface area contributed by atoms with Crippen molar-refractivity contribution in [3.05, 3.63) is 55.6 Å². The van der Waals surface area contributed by atoms with Crippen LogP contribution in [0.2, 0.25) is 5.02 Å². The summed E-state index contributed by atoms with van der Waals surface area (Å²) in [5, 5.41) is -0.240. The number of carbonyl (C=O) groups is 1. The summed E-state index contributed by atoms with van der Waals surface area (Å²) >= 11 is 6.56. The number of aromatic nitrogens is 2. The fourth-order valence-corrected chi connectivity index (χ4v) is 4.03. The van der Waals surface area contributed by atoms with Gasteiger partial charge in [0.15, 0.2) is 0 Å². The van der Waals surface area contributed by atoms with E-state index in [0.717, 1.165) is 17.4 Å². The molecule has 9 nitrogen and oxygen atoms in total. The summed E-state index contributed by atoms with van der Waals surface area (Å²) in [5.41, 5.74) is -5.12. The monoisotopic (exact) mass is 518 g/mol. The maximum Gasteiger partial charge on any atom is 0.431 e. The lowest BCUT2D eigenvalue weighted by atomic mass is 10.3. The van der Waals surface area contributed by atoms with E-state index in [4.69, 9.17) is 11.6 Å². The normalized spacial score (nSPS) is 12.3. The first kappa shape index (κ1) is 25.9. The van der Waals surface area contributed by atoms with Crippen molar-refractivity contribution in [1.82, 2.24) is 18.2 Å². The minimum atomic E-state index is -4.99. The van der Waals surface area contributed by atoms with E-state index in [2.05, 4.69) is 0 Å². The Hall–Kier alpha value is -2.36. The van der Waals surface area contributed by atoms with E-state index < -0.39 is 56.5 Å². The first-order chi connectivity index (χ1) is 14.6. The van der Waals surface area contributed by atoms with E-state index in [-0.39, 0.29) is 25.1 Å². The summed E-state index contributed by atoms with van der Waals surface area (Å²) in [6.07, 6.45) is -4.99. The molecule has 2 rings (SSSR count). The molecule has 0 aliphatic rings. The van der Waals surface area contributed by atoms with Gasteiger partial charge >= 0.3 is 22.1 Å². The van der Waals surface area contributed by atoms with Gasteiger partial charge in [-0.2, -0.15) is 25.9 Å². The van der Waals surface area contributed by atoms with Crippen LogP contribution >= 0.6 is 23.4 Å². The molecule has 1 aromatic carbocycles. The topological polar surface area (TPSA) is 110 Å². The zero-order chi connectivity index (χ0) is 24.6. The molecule has 0 bridgehead atoms. The van der Waals surface area contributed by atoms with E-state index in [0.29, 0.717) is 17.8 Å². The van der Waals surface area contributed by atoms with E-state index in [1.54, 1.807) is 4.72 Å². The Morgan fingerprint density at radius 2 is 1.81 bits per heavy atom. The molecule has 0 saturated carbocycles. The number of thioether (sulfide) groups is 1. The standard InChI is InChI=1S/C16H15ClF4N4O5S2/c1-23(2)32(29,30)22-13(26)7-31-11-5-10(9(18)4-8(11)17)25-14(27)6-12(16(19,20)21)24(3)15(25)28/h4-6H,7H2,1-3H3,(H,22,26). The highest BCUT2D eigenvalue weighted by molar-refractivity contribution is 8.00. The number of hydrogen-bond donors (Lipinski definition) is 1. The Bertz CT molecular complexity index is 1290. The minimum absolute atomic E-state index is 0.0330. The van der Waals surface area contributed by atoms with Crippen LogP contribution in [0.5, 0.6) is 0 Å². The molecule has 1 amide bonds. The molecule has 0 aliphatic heterocycles. The van der Waals surface area contributed by atoms with Crippen LogP contribution in [-0.2, 0) is 28.2 Å². The van der Waals surface area contributed by atoms with Crippen molar-refractivity contribution in [2.75, 3.05) is 19.8 Å². The lowest BCUT2D eigenvalue weighted by molar-refractivity contribution is -0.144. The molecule has 176 valence electrons. The Labute approximate surface area is 187 Å². The first-order valence-electron chi connectivity index (χ1n) is 8.32. The van der Waals surface area contributed by atoms with Gasteiger partial charge in [-0.05, 0) is 12.1 Å². The molecule has 1 aromatic heterocycles. The molecule has 0 aliphatic carbocycles. The molecule has 2 aromatic rings. The molecular formula is C16H15ClF4N4O5S2. The van der Waals surface area contributed by atoms with Gasteiger partial charge in [-0.3, -0.25) is 14.2 Å². The van der Waals surface area contributed by atoms with Crippen LogP contribution in [-0.4, -0.2) is 47.6 Å². The number of nitrogens with one attached hydrogen (secondary N) is 1. The second kappa shape index (κ2) is 9.25. The van der Waals surface area contributed by atoms with Gasteiger partial charge in [-0.15, -0.1) is 11.8 Å². The number of halogens is 5. The summed E-state index contributed by atoms with van der Waals surface area (Å²) in [4.78, 5) is 36.4. The van der Waals surface area contributed by atoms with Gasteiger partial charge in [-0.1, -0.05) is 11.6 Å². The summed E-state index contributed by atoms with van der Waals surface area (Å²) in [5.74, 6) is -2.64. The van der Waals surface area contributed by atoms with E-state index >= 15 is 0 Å². The van der Waals surface area contributed by atoms with Crippen LogP contribution in [0, 0.1) is 5.82 Å². The SMILES string of the molecule is CN(C)S(=O)(=O)NC(=O)CSc1cc(-n2c(=O)cc(C(F)(F)F)n(C)c2=O)c(F)cc1Cl. The molecule has 1 heterocycles. The highest BCUT2D eigenvalue weighted by atomic mass is 35.5. The Morgan fingerprint density at radius 1 is 1.22 bits per heavy atom. The molecule has 0 atom stereocenters. The number of hydrogen-bond acceptors (Lipinski definition) is 6. The van der Waals surface area contributed by atoms with Crippen molar-refractivity contribution in [1.29, 1.82) is 0 Å². The summed E-state index contributed by atoms with van der Waals surface area (Å²) in [6, 6.07) is 1.74. The summed E-state index contributed by atoms with van der Waals surface area (Å²) < 4.78 is 79.6. The van der Waals surface area contributed by atoms with Crippen LogP contribution in [0.25, 0.3) is 5.69 Å². The molecule has 0 saturated heterocycles. The second-order valence-corrected chi connectivity index (χ2v) is 9.69. The van der Waals surface area contributed by atoms with Crippen molar-refractivity contribution in [3.63, 3.8) is 0 Å². The average molecular weight is 519 g/mol. The van der Waals surface area contributed by atoms with Crippen molar-refractivity contribution in [3.8, 4) is 5.69 Å². The van der Waals surface area contributed by atoms with Gasteiger partial charge in [0.2, 0.25) is 5.91 Å². The second-order valence-electron chi connectivity index (χ2n) is 6.38. The third kappa shape index (κ3) is 5.51. The molecule has 0 radical (unpaired) electrons. The van der Waals surface area contributed by atoms with Gasteiger partial charge in [0.1, 0.15) is 11.5 Å². The van der Waals surface area contributed by atoms with E-state index in [1.807, 2.05) is 0 Å².